The van der Waals surface area contributed by atoms with E-state index in [9.17, 15) is 15.0 Å². The van der Waals surface area contributed by atoms with Crippen LogP contribution in [0.5, 0.6) is 5.75 Å². The van der Waals surface area contributed by atoms with E-state index < -0.39 is 18.2 Å². The fourth-order valence-corrected chi connectivity index (χ4v) is 1.69. The summed E-state index contributed by atoms with van der Waals surface area (Å²) in [5.41, 5.74) is 6.03. The number of hydrogen-bond donors (Lipinski definition) is 3. The van der Waals surface area contributed by atoms with Gasteiger partial charge in [-0.2, -0.15) is 0 Å². The predicted octanol–water partition coefficient (Wildman–Crippen LogP) is 0.498. The minimum Gasteiger partial charge on any atom is -0.495 e. The maximum absolute atomic E-state index is 11.1. The molecule has 18 heavy (non-hydrogen) atoms. The maximum atomic E-state index is 11.1. The lowest BCUT2D eigenvalue weighted by molar-refractivity contribution is -0.156. The van der Waals surface area contributed by atoms with Crippen LogP contribution in [-0.2, 0) is 9.53 Å². The molecular formula is C11H14ClNO5. The number of carbonyl (C=O) groups is 1. The van der Waals surface area contributed by atoms with E-state index in [4.69, 9.17) is 22.1 Å². The van der Waals surface area contributed by atoms with Crippen molar-refractivity contribution < 1.29 is 24.5 Å². The zero-order valence-electron chi connectivity index (χ0n) is 9.88. The van der Waals surface area contributed by atoms with Gasteiger partial charge in [0.05, 0.1) is 19.9 Å². The molecule has 0 saturated heterocycles. The molecule has 0 aliphatic heterocycles. The number of nitrogen functional groups attached to an aromatic ring is 1. The minimum absolute atomic E-state index is 0.115. The van der Waals surface area contributed by atoms with Crippen molar-refractivity contribution in [2.45, 2.75) is 12.2 Å². The van der Waals surface area contributed by atoms with Gasteiger partial charge in [0.1, 0.15) is 11.9 Å². The zero-order chi connectivity index (χ0) is 13.9. The zero-order valence-corrected chi connectivity index (χ0v) is 10.6. The van der Waals surface area contributed by atoms with Crippen LogP contribution in [-0.4, -0.2) is 36.5 Å². The minimum atomic E-state index is -1.74. The van der Waals surface area contributed by atoms with Gasteiger partial charge in [0.2, 0.25) is 0 Å². The van der Waals surface area contributed by atoms with Crippen molar-refractivity contribution in [2.24, 2.45) is 0 Å². The number of rotatable bonds is 4. The van der Waals surface area contributed by atoms with Crippen LogP contribution >= 0.6 is 11.6 Å². The standard InChI is InChI=1S/C11H14ClNO5/c1-17-8-3-5(6(12)4-7(8)13)9(14)10(15)11(16)18-2/h3-4,9-10,14-15H,13H2,1-2H3. The number of halogens is 1. The first kappa shape index (κ1) is 14.6. The van der Waals surface area contributed by atoms with Crippen LogP contribution in [0, 0.1) is 0 Å². The molecule has 6 nitrogen and oxygen atoms in total. The highest BCUT2D eigenvalue weighted by Crippen LogP contribution is 2.33. The van der Waals surface area contributed by atoms with Gasteiger partial charge in [-0.1, -0.05) is 11.6 Å². The van der Waals surface area contributed by atoms with Gasteiger partial charge in [-0.05, 0) is 12.1 Å². The maximum Gasteiger partial charge on any atom is 0.337 e. The lowest BCUT2D eigenvalue weighted by Crippen LogP contribution is -2.29. The summed E-state index contributed by atoms with van der Waals surface area (Å²) >= 11 is 5.89. The van der Waals surface area contributed by atoms with Crippen molar-refractivity contribution >= 4 is 23.3 Å². The first-order valence-electron chi connectivity index (χ1n) is 4.99. The van der Waals surface area contributed by atoms with Crippen molar-refractivity contribution in [1.29, 1.82) is 0 Å². The summed E-state index contributed by atoms with van der Waals surface area (Å²) in [4.78, 5) is 11.1. The molecule has 1 aromatic rings. The largest absolute Gasteiger partial charge is 0.495 e. The van der Waals surface area contributed by atoms with E-state index in [1.54, 1.807) is 0 Å². The summed E-state index contributed by atoms with van der Waals surface area (Å²) in [6.45, 7) is 0. The van der Waals surface area contributed by atoms with E-state index in [2.05, 4.69) is 4.74 Å². The van der Waals surface area contributed by atoms with E-state index in [1.165, 1.54) is 19.2 Å². The van der Waals surface area contributed by atoms with Gasteiger partial charge in [0.25, 0.3) is 0 Å². The van der Waals surface area contributed by atoms with Crippen LogP contribution in [0.1, 0.15) is 11.7 Å². The number of esters is 1. The molecule has 0 aliphatic carbocycles. The number of anilines is 1. The lowest BCUT2D eigenvalue weighted by atomic mass is 10.0. The Morgan fingerprint density at radius 3 is 2.50 bits per heavy atom. The van der Waals surface area contributed by atoms with Crippen LogP contribution < -0.4 is 10.5 Å². The highest BCUT2D eigenvalue weighted by atomic mass is 35.5. The Balaban J connectivity index is 3.12. The molecule has 0 aliphatic rings. The van der Waals surface area contributed by atoms with Crippen molar-refractivity contribution in [2.75, 3.05) is 20.0 Å². The van der Waals surface area contributed by atoms with Gasteiger partial charge < -0.3 is 25.4 Å². The highest BCUT2D eigenvalue weighted by Gasteiger charge is 2.28. The van der Waals surface area contributed by atoms with Crippen LogP contribution in [0.25, 0.3) is 0 Å². The van der Waals surface area contributed by atoms with Gasteiger partial charge in [-0.25, -0.2) is 4.79 Å². The monoisotopic (exact) mass is 275 g/mol. The van der Waals surface area contributed by atoms with Crippen molar-refractivity contribution in [3.8, 4) is 5.75 Å². The molecule has 7 heteroatoms. The summed E-state index contributed by atoms with van der Waals surface area (Å²) in [6.07, 6.45) is -3.26. The van der Waals surface area contributed by atoms with Crippen molar-refractivity contribution in [3.63, 3.8) is 0 Å². The first-order chi connectivity index (χ1) is 8.42. The predicted molar refractivity (Wildman–Crippen MR) is 65.4 cm³/mol. The second-order valence-electron chi connectivity index (χ2n) is 3.53. The molecular weight excluding hydrogens is 262 g/mol. The van der Waals surface area contributed by atoms with E-state index in [1.807, 2.05) is 0 Å². The summed E-state index contributed by atoms with van der Waals surface area (Å²) in [7, 11) is 2.50. The number of benzene rings is 1. The Kier molecular flexibility index (Phi) is 4.77. The van der Waals surface area contributed by atoms with Gasteiger partial charge in [0.15, 0.2) is 6.10 Å². The SMILES string of the molecule is COC(=O)C(O)C(O)c1cc(OC)c(N)cc1Cl. The molecule has 2 unspecified atom stereocenters. The third-order valence-electron chi connectivity index (χ3n) is 2.41. The fraction of sp³-hybridized carbons (Fsp3) is 0.364. The molecule has 1 aromatic carbocycles. The van der Waals surface area contributed by atoms with Crippen LogP contribution in [0.2, 0.25) is 5.02 Å². The van der Waals surface area contributed by atoms with E-state index in [-0.39, 0.29) is 22.0 Å². The van der Waals surface area contributed by atoms with Crippen LogP contribution in [0.4, 0.5) is 5.69 Å². The normalized spacial score (nSPS) is 13.8. The van der Waals surface area contributed by atoms with Gasteiger partial charge in [0, 0.05) is 10.6 Å². The number of hydrogen-bond acceptors (Lipinski definition) is 6. The van der Waals surface area contributed by atoms with Crippen molar-refractivity contribution in [3.05, 3.63) is 22.7 Å². The Hall–Kier alpha value is -1.50. The number of nitrogens with two attached hydrogens (primary N) is 1. The highest BCUT2D eigenvalue weighted by molar-refractivity contribution is 6.31. The second-order valence-corrected chi connectivity index (χ2v) is 3.94. The smallest absolute Gasteiger partial charge is 0.337 e. The Morgan fingerprint density at radius 2 is 2.00 bits per heavy atom. The molecule has 0 radical (unpaired) electrons. The van der Waals surface area contributed by atoms with Gasteiger partial charge >= 0.3 is 5.97 Å². The topological polar surface area (TPSA) is 102 Å². The average molecular weight is 276 g/mol. The molecule has 0 fully saturated rings. The molecule has 100 valence electrons. The lowest BCUT2D eigenvalue weighted by Gasteiger charge is -2.18. The number of aliphatic hydroxyl groups excluding tert-OH is 2. The molecule has 0 saturated carbocycles. The molecule has 0 amide bonds. The summed E-state index contributed by atoms with van der Waals surface area (Å²) < 4.78 is 9.29. The third kappa shape index (κ3) is 2.84. The molecule has 0 heterocycles. The van der Waals surface area contributed by atoms with Crippen LogP contribution in [0.3, 0.4) is 0 Å². The summed E-state index contributed by atoms with van der Waals surface area (Å²) in [5, 5.41) is 19.5. The number of aliphatic hydroxyl groups is 2. The molecule has 2 atom stereocenters. The average Bonchev–Trinajstić information content (AvgIpc) is 2.36. The molecule has 0 bridgehead atoms. The number of methoxy groups -OCH3 is 2. The van der Waals surface area contributed by atoms with E-state index in [0.29, 0.717) is 0 Å². The Bertz CT molecular complexity index is 451. The third-order valence-corrected chi connectivity index (χ3v) is 2.74. The molecule has 0 spiro atoms. The molecule has 4 N–H and O–H groups in total. The first-order valence-corrected chi connectivity index (χ1v) is 5.37. The summed E-state index contributed by atoms with van der Waals surface area (Å²) in [6, 6.07) is 2.72. The van der Waals surface area contributed by atoms with E-state index in [0.717, 1.165) is 7.11 Å². The van der Waals surface area contributed by atoms with Crippen LogP contribution in [0.15, 0.2) is 12.1 Å². The molecule has 0 aromatic heterocycles. The van der Waals surface area contributed by atoms with Gasteiger partial charge in [-0.3, -0.25) is 0 Å². The van der Waals surface area contributed by atoms with E-state index >= 15 is 0 Å². The van der Waals surface area contributed by atoms with Gasteiger partial charge in [-0.15, -0.1) is 0 Å². The number of carbonyl (C=O) groups excluding carboxylic acids is 1. The number of ether oxygens (including phenoxy) is 2. The fourth-order valence-electron chi connectivity index (χ4n) is 1.41. The molecule has 1 rings (SSSR count). The quantitative estimate of drug-likeness (QED) is 0.546. The summed E-state index contributed by atoms with van der Waals surface area (Å²) in [5.74, 6) is -0.681. The Labute approximate surface area is 109 Å². The Morgan fingerprint density at radius 1 is 1.39 bits per heavy atom. The van der Waals surface area contributed by atoms with Crippen molar-refractivity contribution in [1.82, 2.24) is 0 Å². The second kappa shape index (κ2) is 5.90.